The molecule has 0 aromatic carbocycles. The Morgan fingerprint density at radius 3 is 2.38 bits per heavy atom. The van der Waals surface area contributed by atoms with Gasteiger partial charge in [0.25, 0.3) is 0 Å². The molecule has 0 saturated heterocycles. The quantitative estimate of drug-likeness (QED) is 0.617. The van der Waals surface area contributed by atoms with Crippen molar-refractivity contribution in [3.63, 3.8) is 0 Å². The second-order valence-electron chi connectivity index (χ2n) is 4.45. The number of hydrogen-bond acceptors (Lipinski definition) is 8. The summed E-state index contributed by atoms with van der Waals surface area (Å²) in [5.74, 6) is 1.04. The van der Waals surface area contributed by atoms with Gasteiger partial charge in [0.1, 0.15) is 0 Å². The van der Waals surface area contributed by atoms with Gasteiger partial charge < -0.3 is 25.0 Å². The maximum absolute atomic E-state index is 5.34. The first kappa shape index (κ1) is 17.4. The summed E-state index contributed by atoms with van der Waals surface area (Å²) in [7, 11) is 3.75. The van der Waals surface area contributed by atoms with E-state index in [1.807, 2.05) is 20.9 Å². The lowest BCUT2D eigenvalue weighted by molar-refractivity contribution is 0.163. The second-order valence-corrected chi connectivity index (χ2v) is 4.45. The molecule has 1 rings (SSSR count). The number of methoxy groups -OCH3 is 1. The molecule has 1 heterocycles. The van der Waals surface area contributed by atoms with Crippen molar-refractivity contribution in [2.24, 2.45) is 0 Å². The average Bonchev–Trinajstić information content (AvgIpc) is 2.45. The van der Waals surface area contributed by atoms with E-state index in [2.05, 4.69) is 30.5 Å². The Morgan fingerprint density at radius 2 is 1.76 bits per heavy atom. The van der Waals surface area contributed by atoms with Crippen molar-refractivity contribution in [2.75, 3.05) is 64.2 Å². The Kier molecular flexibility index (Phi) is 8.37. The molecule has 120 valence electrons. The average molecular weight is 298 g/mol. The standard InChI is InChI=1S/C13H26N6O2/c1-5-14-11-16-12(18-13(17-11)21-6-2)15-7-8-19(3)9-10-20-4/h5-10H2,1-4H3,(H2,14,15,16,17,18). The molecule has 0 unspecified atom stereocenters. The zero-order valence-electron chi connectivity index (χ0n) is 13.3. The van der Waals surface area contributed by atoms with Gasteiger partial charge in [0, 0.05) is 33.3 Å². The monoisotopic (exact) mass is 298 g/mol. The minimum Gasteiger partial charge on any atom is -0.464 e. The molecule has 0 aliphatic heterocycles. The molecule has 0 radical (unpaired) electrons. The van der Waals surface area contributed by atoms with Crippen molar-refractivity contribution in [2.45, 2.75) is 13.8 Å². The molecule has 0 amide bonds. The van der Waals surface area contributed by atoms with E-state index in [0.29, 0.717) is 24.5 Å². The number of likely N-dealkylation sites (N-methyl/N-ethyl adjacent to an activating group) is 1. The molecule has 1 aromatic heterocycles. The minimum absolute atomic E-state index is 0.332. The van der Waals surface area contributed by atoms with Crippen LogP contribution in [0, 0.1) is 0 Å². The van der Waals surface area contributed by atoms with E-state index >= 15 is 0 Å². The maximum Gasteiger partial charge on any atom is 0.323 e. The first-order valence-corrected chi connectivity index (χ1v) is 7.23. The Balaban J connectivity index is 2.52. The molecule has 0 aliphatic rings. The van der Waals surface area contributed by atoms with Crippen molar-refractivity contribution in [3.8, 4) is 6.01 Å². The lowest BCUT2D eigenvalue weighted by Crippen LogP contribution is -2.28. The van der Waals surface area contributed by atoms with Crippen LogP contribution in [-0.2, 0) is 4.74 Å². The van der Waals surface area contributed by atoms with Crippen LogP contribution in [0.5, 0.6) is 6.01 Å². The van der Waals surface area contributed by atoms with E-state index in [-0.39, 0.29) is 0 Å². The summed E-state index contributed by atoms with van der Waals surface area (Å²) in [6, 6.07) is 0.332. The van der Waals surface area contributed by atoms with Crippen molar-refractivity contribution in [1.29, 1.82) is 0 Å². The largest absolute Gasteiger partial charge is 0.464 e. The third-order valence-corrected chi connectivity index (χ3v) is 2.68. The van der Waals surface area contributed by atoms with Crippen molar-refractivity contribution in [1.82, 2.24) is 19.9 Å². The van der Waals surface area contributed by atoms with Crippen LogP contribution in [0.2, 0.25) is 0 Å². The lowest BCUT2D eigenvalue weighted by Gasteiger charge is -2.16. The Bertz CT molecular complexity index is 380. The highest BCUT2D eigenvalue weighted by atomic mass is 16.5. The molecule has 0 fully saturated rings. The highest BCUT2D eigenvalue weighted by Gasteiger charge is 2.06. The SMILES string of the molecule is CCNc1nc(NCCN(C)CCOC)nc(OCC)n1. The number of nitrogens with one attached hydrogen (secondary N) is 2. The summed E-state index contributed by atoms with van der Waals surface area (Å²) in [4.78, 5) is 14.9. The molecular formula is C13H26N6O2. The molecule has 1 aromatic rings. The Labute approximate surface area is 126 Å². The molecular weight excluding hydrogens is 272 g/mol. The van der Waals surface area contributed by atoms with Crippen LogP contribution in [-0.4, -0.2) is 73.4 Å². The fraction of sp³-hybridized carbons (Fsp3) is 0.769. The van der Waals surface area contributed by atoms with Crippen molar-refractivity contribution >= 4 is 11.9 Å². The van der Waals surface area contributed by atoms with Gasteiger partial charge in [-0.25, -0.2) is 0 Å². The summed E-state index contributed by atoms with van der Waals surface area (Å²) in [6.07, 6.45) is 0. The predicted molar refractivity (Wildman–Crippen MR) is 83.0 cm³/mol. The number of aromatic nitrogens is 3. The van der Waals surface area contributed by atoms with Gasteiger partial charge in [-0.1, -0.05) is 0 Å². The second kappa shape index (κ2) is 10.1. The first-order valence-electron chi connectivity index (χ1n) is 7.23. The van der Waals surface area contributed by atoms with E-state index in [0.717, 1.165) is 32.8 Å². The third kappa shape index (κ3) is 7.05. The van der Waals surface area contributed by atoms with E-state index in [1.165, 1.54) is 0 Å². The predicted octanol–water partition coefficient (Wildman–Crippen LogP) is 0.692. The molecule has 0 aliphatic carbocycles. The summed E-state index contributed by atoms with van der Waals surface area (Å²) in [5.41, 5.74) is 0. The van der Waals surface area contributed by atoms with Crippen molar-refractivity contribution < 1.29 is 9.47 Å². The van der Waals surface area contributed by atoms with E-state index < -0.39 is 0 Å². The molecule has 2 N–H and O–H groups in total. The van der Waals surface area contributed by atoms with E-state index in [9.17, 15) is 0 Å². The van der Waals surface area contributed by atoms with Gasteiger partial charge in [-0.2, -0.15) is 15.0 Å². The van der Waals surface area contributed by atoms with Crippen LogP contribution in [0.1, 0.15) is 13.8 Å². The van der Waals surface area contributed by atoms with Crippen LogP contribution < -0.4 is 15.4 Å². The molecule has 0 bridgehead atoms. The molecule has 0 spiro atoms. The lowest BCUT2D eigenvalue weighted by atomic mass is 10.5. The summed E-state index contributed by atoms with van der Waals surface area (Å²) in [6.45, 7) is 8.38. The number of hydrogen-bond donors (Lipinski definition) is 2. The van der Waals surface area contributed by atoms with E-state index in [1.54, 1.807) is 7.11 Å². The fourth-order valence-electron chi connectivity index (χ4n) is 1.58. The van der Waals surface area contributed by atoms with Crippen LogP contribution in [0.15, 0.2) is 0 Å². The van der Waals surface area contributed by atoms with Gasteiger partial charge in [0.2, 0.25) is 11.9 Å². The summed E-state index contributed by atoms with van der Waals surface area (Å²) >= 11 is 0. The molecule has 21 heavy (non-hydrogen) atoms. The van der Waals surface area contributed by atoms with E-state index in [4.69, 9.17) is 9.47 Å². The number of rotatable bonds is 11. The van der Waals surface area contributed by atoms with Gasteiger partial charge in [0.15, 0.2) is 0 Å². The summed E-state index contributed by atoms with van der Waals surface area (Å²) in [5, 5.41) is 6.25. The Morgan fingerprint density at radius 1 is 1.05 bits per heavy atom. The molecule has 8 heteroatoms. The van der Waals surface area contributed by atoms with Crippen LogP contribution in [0.25, 0.3) is 0 Å². The van der Waals surface area contributed by atoms with Crippen LogP contribution in [0.4, 0.5) is 11.9 Å². The van der Waals surface area contributed by atoms with Gasteiger partial charge >= 0.3 is 6.01 Å². The summed E-state index contributed by atoms with van der Waals surface area (Å²) < 4.78 is 10.4. The van der Waals surface area contributed by atoms with Gasteiger partial charge in [0.05, 0.1) is 13.2 Å². The van der Waals surface area contributed by atoms with Gasteiger partial charge in [-0.05, 0) is 20.9 Å². The normalized spacial score (nSPS) is 10.7. The highest BCUT2D eigenvalue weighted by molar-refractivity contribution is 5.35. The maximum atomic E-state index is 5.34. The van der Waals surface area contributed by atoms with Crippen LogP contribution in [0.3, 0.4) is 0 Å². The van der Waals surface area contributed by atoms with Gasteiger partial charge in [-0.3, -0.25) is 0 Å². The zero-order valence-corrected chi connectivity index (χ0v) is 13.3. The topological polar surface area (TPSA) is 84.4 Å². The van der Waals surface area contributed by atoms with Crippen LogP contribution >= 0.6 is 0 Å². The number of ether oxygens (including phenoxy) is 2. The fourth-order valence-corrected chi connectivity index (χ4v) is 1.58. The number of nitrogens with zero attached hydrogens (tertiary/aromatic N) is 4. The molecule has 0 saturated carbocycles. The first-order chi connectivity index (χ1) is 10.2. The highest BCUT2D eigenvalue weighted by Crippen LogP contribution is 2.10. The van der Waals surface area contributed by atoms with Gasteiger partial charge in [-0.15, -0.1) is 0 Å². The third-order valence-electron chi connectivity index (χ3n) is 2.68. The van der Waals surface area contributed by atoms with Crippen molar-refractivity contribution in [3.05, 3.63) is 0 Å². The molecule has 8 nitrogen and oxygen atoms in total. The molecule has 0 atom stereocenters. The zero-order chi connectivity index (χ0) is 15.5. The number of anilines is 2. The Hall–Kier alpha value is -1.67. The smallest absolute Gasteiger partial charge is 0.323 e. The minimum atomic E-state index is 0.332.